The molecule has 0 bridgehead atoms. The number of ether oxygens (including phenoxy) is 1. The molecule has 0 radical (unpaired) electrons. The van der Waals surface area contributed by atoms with E-state index < -0.39 is 0 Å². The van der Waals surface area contributed by atoms with Crippen LogP contribution >= 0.6 is 0 Å². The Kier molecular flexibility index (Phi) is 3.44. The van der Waals surface area contributed by atoms with Gasteiger partial charge in [0.05, 0.1) is 13.7 Å². The van der Waals surface area contributed by atoms with Gasteiger partial charge in [0.1, 0.15) is 11.6 Å². The van der Waals surface area contributed by atoms with Crippen molar-refractivity contribution in [3.63, 3.8) is 0 Å². The van der Waals surface area contributed by atoms with Crippen molar-refractivity contribution < 1.29 is 9.13 Å². The Bertz CT molecular complexity index is 855. The molecule has 3 rings (SSSR count). The molecule has 0 unspecified atom stereocenters. The van der Waals surface area contributed by atoms with Gasteiger partial charge in [-0.3, -0.25) is 4.79 Å². The van der Waals surface area contributed by atoms with Crippen LogP contribution in [0.1, 0.15) is 5.56 Å². The number of nitrogens with zero attached hydrogens (tertiary/aromatic N) is 1. The third kappa shape index (κ3) is 2.65. The van der Waals surface area contributed by atoms with Gasteiger partial charge < -0.3 is 9.30 Å². The van der Waals surface area contributed by atoms with Crippen LogP contribution in [-0.4, -0.2) is 11.7 Å². The van der Waals surface area contributed by atoms with Gasteiger partial charge in [-0.1, -0.05) is 12.1 Å². The highest BCUT2D eigenvalue weighted by atomic mass is 19.1. The Morgan fingerprint density at radius 1 is 1.14 bits per heavy atom. The summed E-state index contributed by atoms with van der Waals surface area (Å²) >= 11 is 0. The lowest BCUT2D eigenvalue weighted by molar-refractivity contribution is 0.415. The Morgan fingerprint density at radius 3 is 2.76 bits per heavy atom. The number of methoxy groups -OCH3 is 1. The molecular formula is C17H14FNO2. The number of halogens is 1. The Morgan fingerprint density at radius 2 is 2.00 bits per heavy atom. The molecule has 0 saturated carbocycles. The first-order chi connectivity index (χ1) is 10.2. The van der Waals surface area contributed by atoms with Gasteiger partial charge in [0.2, 0.25) is 0 Å². The maximum absolute atomic E-state index is 13.2. The zero-order chi connectivity index (χ0) is 14.8. The molecule has 106 valence electrons. The number of pyridine rings is 1. The summed E-state index contributed by atoms with van der Waals surface area (Å²) in [4.78, 5) is 12.4. The van der Waals surface area contributed by atoms with Gasteiger partial charge in [-0.15, -0.1) is 0 Å². The van der Waals surface area contributed by atoms with Gasteiger partial charge in [-0.05, 0) is 47.3 Å². The monoisotopic (exact) mass is 283 g/mol. The lowest BCUT2D eigenvalue weighted by Crippen LogP contribution is -2.20. The SMILES string of the molecule is COc1ccc2c(=O)n(Cc3cccc(F)c3)ccc2c1. The molecule has 0 amide bonds. The van der Waals surface area contributed by atoms with Crippen LogP contribution < -0.4 is 10.3 Å². The quantitative estimate of drug-likeness (QED) is 0.739. The van der Waals surface area contributed by atoms with Crippen LogP contribution in [0.5, 0.6) is 5.75 Å². The zero-order valence-electron chi connectivity index (χ0n) is 11.5. The fraction of sp³-hybridized carbons (Fsp3) is 0.118. The molecule has 2 aromatic carbocycles. The van der Waals surface area contributed by atoms with Crippen molar-refractivity contribution in [1.82, 2.24) is 4.57 Å². The maximum atomic E-state index is 13.2. The predicted molar refractivity (Wildman–Crippen MR) is 80.3 cm³/mol. The number of benzene rings is 2. The molecule has 0 atom stereocenters. The van der Waals surface area contributed by atoms with E-state index in [-0.39, 0.29) is 11.4 Å². The van der Waals surface area contributed by atoms with Crippen molar-refractivity contribution in [3.05, 3.63) is 76.5 Å². The van der Waals surface area contributed by atoms with E-state index >= 15 is 0 Å². The first-order valence-electron chi connectivity index (χ1n) is 6.59. The summed E-state index contributed by atoms with van der Waals surface area (Å²) in [5, 5.41) is 1.45. The first-order valence-corrected chi connectivity index (χ1v) is 6.59. The minimum Gasteiger partial charge on any atom is -0.497 e. The summed E-state index contributed by atoms with van der Waals surface area (Å²) in [6, 6.07) is 13.5. The van der Waals surface area contributed by atoms with Crippen LogP contribution in [-0.2, 0) is 6.54 Å². The van der Waals surface area contributed by atoms with E-state index in [1.165, 1.54) is 12.1 Å². The molecule has 0 spiro atoms. The number of fused-ring (bicyclic) bond motifs is 1. The molecule has 0 fully saturated rings. The van der Waals surface area contributed by atoms with E-state index in [0.717, 1.165) is 10.9 Å². The summed E-state index contributed by atoms with van der Waals surface area (Å²) in [7, 11) is 1.59. The molecule has 1 heterocycles. The predicted octanol–water partition coefficient (Wildman–Crippen LogP) is 3.20. The maximum Gasteiger partial charge on any atom is 0.258 e. The van der Waals surface area contributed by atoms with Crippen LogP contribution in [0.25, 0.3) is 10.8 Å². The Hall–Kier alpha value is -2.62. The van der Waals surface area contributed by atoms with Crippen molar-refractivity contribution in [2.24, 2.45) is 0 Å². The number of rotatable bonds is 3. The number of aromatic nitrogens is 1. The number of hydrogen-bond acceptors (Lipinski definition) is 2. The topological polar surface area (TPSA) is 31.2 Å². The van der Waals surface area contributed by atoms with Crippen molar-refractivity contribution in [3.8, 4) is 5.75 Å². The van der Waals surface area contributed by atoms with E-state index in [2.05, 4.69) is 0 Å². The molecule has 3 aromatic rings. The van der Waals surface area contributed by atoms with Gasteiger partial charge in [0, 0.05) is 11.6 Å². The highest BCUT2D eigenvalue weighted by Gasteiger charge is 2.05. The highest BCUT2D eigenvalue weighted by Crippen LogP contribution is 2.18. The molecule has 21 heavy (non-hydrogen) atoms. The van der Waals surface area contributed by atoms with Crippen molar-refractivity contribution >= 4 is 10.8 Å². The van der Waals surface area contributed by atoms with Crippen LogP contribution in [0.15, 0.2) is 59.5 Å². The second-order valence-corrected chi connectivity index (χ2v) is 4.83. The van der Waals surface area contributed by atoms with Gasteiger partial charge in [0.25, 0.3) is 5.56 Å². The van der Waals surface area contributed by atoms with Crippen LogP contribution in [0, 0.1) is 5.82 Å². The first kappa shape index (κ1) is 13.4. The lowest BCUT2D eigenvalue weighted by Gasteiger charge is -2.08. The molecule has 0 aliphatic rings. The minimum atomic E-state index is -0.300. The van der Waals surface area contributed by atoms with Gasteiger partial charge in [0.15, 0.2) is 0 Å². The smallest absolute Gasteiger partial charge is 0.258 e. The van der Waals surface area contributed by atoms with Gasteiger partial charge >= 0.3 is 0 Å². The molecule has 0 N–H and O–H groups in total. The molecular weight excluding hydrogens is 269 g/mol. The van der Waals surface area contributed by atoms with Gasteiger partial charge in [-0.25, -0.2) is 4.39 Å². The van der Waals surface area contributed by atoms with Crippen molar-refractivity contribution in [2.75, 3.05) is 7.11 Å². The number of hydrogen-bond donors (Lipinski definition) is 0. The van der Waals surface area contributed by atoms with Crippen molar-refractivity contribution in [1.29, 1.82) is 0 Å². The third-order valence-corrected chi connectivity index (χ3v) is 3.43. The minimum absolute atomic E-state index is 0.0978. The fourth-order valence-electron chi connectivity index (χ4n) is 2.35. The Labute approximate surface area is 121 Å². The molecule has 0 aliphatic heterocycles. The summed E-state index contributed by atoms with van der Waals surface area (Å²) in [5.41, 5.74) is 0.657. The zero-order valence-corrected chi connectivity index (χ0v) is 11.5. The molecule has 0 aliphatic carbocycles. The second kappa shape index (κ2) is 5.40. The average Bonchev–Trinajstić information content (AvgIpc) is 2.50. The lowest BCUT2D eigenvalue weighted by atomic mass is 10.1. The molecule has 0 saturated heterocycles. The molecule has 3 nitrogen and oxygen atoms in total. The summed E-state index contributed by atoms with van der Waals surface area (Å²) in [6.07, 6.45) is 1.72. The van der Waals surface area contributed by atoms with E-state index in [1.807, 2.05) is 12.1 Å². The summed E-state index contributed by atoms with van der Waals surface area (Å²) in [5.74, 6) is 0.413. The van der Waals surface area contributed by atoms with Crippen molar-refractivity contribution in [2.45, 2.75) is 6.54 Å². The summed E-state index contributed by atoms with van der Waals surface area (Å²) in [6.45, 7) is 0.346. The van der Waals surface area contributed by atoms with Crippen LogP contribution in [0.2, 0.25) is 0 Å². The fourth-order valence-corrected chi connectivity index (χ4v) is 2.35. The largest absolute Gasteiger partial charge is 0.497 e. The Balaban J connectivity index is 2.04. The van der Waals surface area contributed by atoms with E-state index in [9.17, 15) is 9.18 Å². The second-order valence-electron chi connectivity index (χ2n) is 4.83. The summed E-state index contributed by atoms with van der Waals surface area (Å²) < 4.78 is 19.9. The normalized spacial score (nSPS) is 10.8. The molecule has 4 heteroatoms. The van der Waals surface area contributed by atoms with E-state index in [1.54, 1.807) is 42.1 Å². The van der Waals surface area contributed by atoms with E-state index in [4.69, 9.17) is 4.74 Å². The van der Waals surface area contributed by atoms with Gasteiger partial charge in [-0.2, -0.15) is 0 Å². The average molecular weight is 283 g/mol. The third-order valence-electron chi connectivity index (χ3n) is 3.43. The molecule has 1 aromatic heterocycles. The van der Waals surface area contributed by atoms with Crippen LogP contribution in [0.4, 0.5) is 4.39 Å². The van der Waals surface area contributed by atoms with E-state index in [0.29, 0.717) is 17.7 Å². The standard InChI is InChI=1S/C17H14FNO2/c1-21-15-5-6-16-13(10-15)7-8-19(17(16)20)11-12-3-2-4-14(18)9-12/h2-10H,11H2,1H3. The van der Waals surface area contributed by atoms with Crippen LogP contribution in [0.3, 0.4) is 0 Å². The highest BCUT2D eigenvalue weighted by molar-refractivity contribution is 5.82.